The van der Waals surface area contributed by atoms with E-state index in [2.05, 4.69) is 4.98 Å². The first kappa shape index (κ1) is 16.4. The second-order valence-electron chi connectivity index (χ2n) is 6.14. The summed E-state index contributed by atoms with van der Waals surface area (Å²) in [6.45, 7) is 6.64. The highest BCUT2D eigenvalue weighted by atomic mass is 32.1. The maximum atomic E-state index is 12.7. The second kappa shape index (κ2) is 6.97. The Morgan fingerprint density at radius 1 is 1.13 bits per heavy atom. The molecule has 0 N–H and O–H groups in total. The molecular weight excluding hydrogens is 314 g/mol. The number of aryl methyl sites for hydroxylation is 2. The van der Waals surface area contributed by atoms with Gasteiger partial charge in [-0.2, -0.15) is 0 Å². The van der Waals surface area contributed by atoms with Crippen LogP contribution in [0.2, 0.25) is 0 Å². The highest BCUT2D eigenvalue weighted by molar-refractivity contribution is 7.13. The van der Waals surface area contributed by atoms with Gasteiger partial charge < -0.3 is 14.5 Å². The number of ether oxygens (including phenoxy) is 1. The number of nitrogens with zero attached hydrogens (tertiary/aromatic N) is 3. The van der Waals surface area contributed by atoms with Gasteiger partial charge in [-0.25, -0.2) is 4.98 Å². The summed E-state index contributed by atoms with van der Waals surface area (Å²) in [5, 5.41) is 0.889. The van der Waals surface area contributed by atoms with E-state index in [4.69, 9.17) is 4.74 Å². The quantitative estimate of drug-likeness (QED) is 0.823. The summed E-state index contributed by atoms with van der Waals surface area (Å²) >= 11 is 1.42. The van der Waals surface area contributed by atoms with Crippen molar-refractivity contribution in [2.45, 2.75) is 39.2 Å². The van der Waals surface area contributed by atoms with Crippen LogP contribution < -0.4 is 0 Å². The molecule has 126 valence electrons. The molecule has 2 fully saturated rings. The van der Waals surface area contributed by atoms with E-state index < -0.39 is 6.10 Å². The van der Waals surface area contributed by atoms with Gasteiger partial charge in [0.1, 0.15) is 4.88 Å². The molecule has 1 aromatic rings. The zero-order valence-electron chi connectivity index (χ0n) is 13.7. The standard InChI is InChI=1S/C16H23N3O3S/c1-11-14(23-12(2)17-11)16(21)19-8-9-22-13(10-19)15(20)18-6-4-3-5-7-18/h13H,3-10H2,1-2H3/t13-/m0/s1. The summed E-state index contributed by atoms with van der Waals surface area (Å²) < 4.78 is 5.65. The predicted molar refractivity (Wildman–Crippen MR) is 87.7 cm³/mol. The first-order valence-electron chi connectivity index (χ1n) is 8.20. The molecule has 2 saturated heterocycles. The Morgan fingerprint density at radius 2 is 1.87 bits per heavy atom. The number of piperidine rings is 1. The minimum Gasteiger partial charge on any atom is -0.365 e. The van der Waals surface area contributed by atoms with Crippen molar-refractivity contribution in [1.82, 2.24) is 14.8 Å². The van der Waals surface area contributed by atoms with Gasteiger partial charge in [0.25, 0.3) is 11.8 Å². The molecule has 2 aliphatic rings. The van der Waals surface area contributed by atoms with E-state index >= 15 is 0 Å². The summed E-state index contributed by atoms with van der Waals surface area (Å²) in [5.41, 5.74) is 0.767. The van der Waals surface area contributed by atoms with Gasteiger partial charge in [0.05, 0.1) is 23.9 Å². The number of amides is 2. The zero-order valence-corrected chi connectivity index (χ0v) is 14.5. The molecule has 0 bridgehead atoms. The van der Waals surface area contributed by atoms with Crippen LogP contribution in [-0.4, -0.2) is 65.5 Å². The SMILES string of the molecule is Cc1nc(C)c(C(=O)N2CCO[C@H](C(=O)N3CCCCC3)C2)s1. The van der Waals surface area contributed by atoms with Gasteiger partial charge in [0, 0.05) is 19.6 Å². The van der Waals surface area contributed by atoms with Crippen molar-refractivity contribution in [3.63, 3.8) is 0 Å². The molecular formula is C16H23N3O3S. The number of thiazole rings is 1. The summed E-state index contributed by atoms with van der Waals surface area (Å²) in [5.74, 6) is -0.00717. The summed E-state index contributed by atoms with van der Waals surface area (Å²) in [4.78, 5) is 33.9. The third kappa shape index (κ3) is 3.55. The van der Waals surface area contributed by atoms with Crippen molar-refractivity contribution >= 4 is 23.2 Å². The molecule has 0 radical (unpaired) electrons. The highest BCUT2D eigenvalue weighted by Gasteiger charge is 2.33. The molecule has 7 heteroatoms. The number of morpholine rings is 1. The number of hydrogen-bond donors (Lipinski definition) is 0. The first-order chi connectivity index (χ1) is 11.1. The van der Waals surface area contributed by atoms with E-state index in [9.17, 15) is 9.59 Å². The fourth-order valence-electron chi connectivity index (χ4n) is 3.17. The average Bonchev–Trinajstić information content (AvgIpc) is 2.93. The lowest BCUT2D eigenvalue weighted by molar-refractivity contribution is -0.149. The fourth-order valence-corrected chi connectivity index (χ4v) is 4.06. The lowest BCUT2D eigenvalue weighted by Crippen LogP contribution is -2.53. The van der Waals surface area contributed by atoms with Crippen LogP contribution in [0.1, 0.15) is 39.6 Å². The maximum Gasteiger partial charge on any atom is 0.266 e. The average molecular weight is 337 g/mol. The van der Waals surface area contributed by atoms with Gasteiger partial charge in [0.15, 0.2) is 6.10 Å². The maximum absolute atomic E-state index is 12.7. The summed E-state index contributed by atoms with van der Waals surface area (Å²) in [6.07, 6.45) is 2.77. The van der Waals surface area contributed by atoms with Crippen molar-refractivity contribution in [3.05, 3.63) is 15.6 Å². The first-order valence-corrected chi connectivity index (χ1v) is 9.01. The number of carbonyl (C=O) groups excluding carboxylic acids is 2. The van der Waals surface area contributed by atoms with Crippen LogP contribution in [0.25, 0.3) is 0 Å². The van der Waals surface area contributed by atoms with Crippen molar-refractivity contribution in [3.8, 4) is 0 Å². The minimum absolute atomic E-state index is 0.0272. The fraction of sp³-hybridized carbons (Fsp3) is 0.688. The molecule has 0 aromatic carbocycles. The van der Waals surface area contributed by atoms with Gasteiger partial charge in [-0.05, 0) is 33.1 Å². The molecule has 0 saturated carbocycles. The number of likely N-dealkylation sites (tertiary alicyclic amines) is 1. The Labute approximate surface area is 140 Å². The smallest absolute Gasteiger partial charge is 0.266 e. The topological polar surface area (TPSA) is 62.7 Å². The summed E-state index contributed by atoms with van der Waals surface area (Å²) in [7, 11) is 0. The van der Waals surface area contributed by atoms with E-state index in [0.29, 0.717) is 24.6 Å². The molecule has 0 aliphatic carbocycles. The lowest BCUT2D eigenvalue weighted by atomic mass is 10.1. The van der Waals surface area contributed by atoms with E-state index in [1.165, 1.54) is 17.8 Å². The third-order valence-corrected chi connectivity index (χ3v) is 5.46. The van der Waals surface area contributed by atoms with Crippen LogP contribution >= 0.6 is 11.3 Å². The van der Waals surface area contributed by atoms with E-state index in [1.807, 2.05) is 18.7 Å². The third-order valence-electron chi connectivity index (χ3n) is 4.39. The van der Waals surface area contributed by atoms with E-state index in [1.54, 1.807) is 4.90 Å². The van der Waals surface area contributed by atoms with Crippen molar-refractivity contribution in [2.75, 3.05) is 32.8 Å². The van der Waals surface area contributed by atoms with Crippen LogP contribution in [0.4, 0.5) is 0 Å². The molecule has 23 heavy (non-hydrogen) atoms. The molecule has 0 unspecified atom stereocenters. The minimum atomic E-state index is -0.528. The number of rotatable bonds is 2. The van der Waals surface area contributed by atoms with Crippen LogP contribution in [-0.2, 0) is 9.53 Å². The molecule has 6 nitrogen and oxygen atoms in total. The van der Waals surface area contributed by atoms with Crippen LogP contribution in [0.15, 0.2) is 0 Å². The van der Waals surface area contributed by atoms with Crippen LogP contribution in [0.3, 0.4) is 0 Å². The van der Waals surface area contributed by atoms with Crippen molar-refractivity contribution in [1.29, 1.82) is 0 Å². The van der Waals surface area contributed by atoms with Crippen molar-refractivity contribution < 1.29 is 14.3 Å². The Hall–Kier alpha value is -1.47. The molecule has 1 aromatic heterocycles. The second-order valence-corrected chi connectivity index (χ2v) is 7.35. The molecule has 0 spiro atoms. The Bertz CT molecular complexity index is 595. The molecule has 1 atom stereocenters. The van der Waals surface area contributed by atoms with Gasteiger partial charge in [-0.1, -0.05) is 0 Å². The Morgan fingerprint density at radius 3 is 2.52 bits per heavy atom. The lowest BCUT2D eigenvalue weighted by Gasteiger charge is -2.36. The highest BCUT2D eigenvalue weighted by Crippen LogP contribution is 2.21. The number of hydrogen-bond acceptors (Lipinski definition) is 5. The van der Waals surface area contributed by atoms with Gasteiger partial charge in [-0.3, -0.25) is 9.59 Å². The van der Waals surface area contributed by atoms with Crippen LogP contribution in [0, 0.1) is 13.8 Å². The Balaban J connectivity index is 1.66. The van der Waals surface area contributed by atoms with E-state index in [0.717, 1.165) is 36.6 Å². The normalized spacial score (nSPS) is 22.3. The molecule has 3 heterocycles. The largest absolute Gasteiger partial charge is 0.365 e. The van der Waals surface area contributed by atoms with Gasteiger partial charge in [-0.15, -0.1) is 11.3 Å². The monoisotopic (exact) mass is 337 g/mol. The number of carbonyl (C=O) groups is 2. The van der Waals surface area contributed by atoms with Gasteiger partial charge >= 0.3 is 0 Å². The van der Waals surface area contributed by atoms with Gasteiger partial charge in [0.2, 0.25) is 0 Å². The molecule has 3 rings (SSSR count). The van der Waals surface area contributed by atoms with E-state index in [-0.39, 0.29) is 11.8 Å². The van der Waals surface area contributed by atoms with Crippen LogP contribution in [0.5, 0.6) is 0 Å². The molecule has 2 aliphatic heterocycles. The predicted octanol–water partition coefficient (Wildman–Crippen LogP) is 1.61. The molecule has 2 amide bonds. The Kier molecular flexibility index (Phi) is 4.96. The zero-order chi connectivity index (χ0) is 16.4. The number of aromatic nitrogens is 1. The summed E-state index contributed by atoms with van der Waals surface area (Å²) in [6, 6.07) is 0. The van der Waals surface area contributed by atoms with Crippen molar-refractivity contribution in [2.24, 2.45) is 0 Å².